The van der Waals surface area contributed by atoms with Crippen LogP contribution in [0.25, 0.3) is 22.8 Å². The van der Waals surface area contributed by atoms with Crippen LogP contribution in [0.4, 0.5) is 0 Å². The largest absolute Gasteiger partial charge is 0.493 e. The molecule has 0 amide bonds. The normalized spacial score (nSPS) is 10.9. The minimum absolute atomic E-state index is 0.373. The zero-order valence-corrected chi connectivity index (χ0v) is 17.6. The van der Waals surface area contributed by atoms with Gasteiger partial charge >= 0.3 is 0 Å². The van der Waals surface area contributed by atoms with Crippen molar-refractivity contribution in [2.24, 2.45) is 0 Å². The number of hydrogen-bond acceptors (Lipinski definition) is 9. The molecule has 0 fully saturated rings. The lowest BCUT2D eigenvalue weighted by Gasteiger charge is -2.07. The molecule has 2 heterocycles. The van der Waals surface area contributed by atoms with Crippen LogP contribution >= 0.6 is 23.4 Å². The van der Waals surface area contributed by atoms with Crippen LogP contribution in [0.1, 0.15) is 5.89 Å². The number of thioether (sulfide) groups is 1. The summed E-state index contributed by atoms with van der Waals surface area (Å²) in [7, 11) is 3.15. The summed E-state index contributed by atoms with van der Waals surface area (Å²) in [5, 5.41) is 13.3. The summed E-state index contributed by atoms with van der Waals surface area (Å²) in [6, 6.07) is 12.7. The van der Waals surface area contributed by atoms with E-state index in [9.17, 15) is 0 Å². The maximum Gasteiger partial charge on any atom is 0.237 e. The monoisotopic (exact) mass is 444 g/mol. The Bertz CT molecular complexity index is 1180. The van der Waals surface area contributed by atoms with Gasteiger partial charge < -0.3 is 19.8 Å². The second-order valence-corrected chi connectivity index (χ2v) is 7.38. The van der Waals surface area contributed by atoms with Crippen molar-refractivity contribution in [3.8, 4) is 34.3 Å². The lowest BCUT2D eigenvalue weighted by atomic mass is 10.2. The fraction of sp³-hybridized carbons (Fsp3) is 0.158. The third kappa shape index (κ3) is 3.91. The van der Waals surface area contributed by atoms with Gasteiger partial charge in [0.1, 0.15) is 0 Å². The van der Waals surface area contributed by atoms with Gasteiger partial charge in [-0.15, -0.1) is 10.2 Å². The predicted molar refractivity (Wildman–Crippen MR) is 113 cm³/mol. The highest BCUT2D eigenvalue weighted by Crippen LogP contribution is 2.32. The molecule has 4 rings (SSSR count). The molecule has 0 saturated carbocycles. The lowest BCUT2D eigenvalue weighted by Crippen LogP contribution is -2.11. The van der Waals surface area contributed by atoms with Crippen molar-refractivity contribution in [1.82, 2.24) is 25.0 Å². The molecule has 0 aliphatic rings. The van der Waals surface area contributed by atoms with Crippen molar-refractivity contribution < 1.29 is 14.0 Å². The van der Waals surface area contributed by atoms with Crippen molar-refractivity contribution in [3.63, 3.8) is 0 Å². The number of methoxy groups -OCH3 is 2. The first-order valence-electron chi connectivity index (χ1n) is 8.74. The minimum atomic E-state index is 0.373. The second-order valence-electron chi connectivity index (χ2n) is 6.03. The van der Waals surface area contributed by atoms with Gasteiger partial charge in [0.25, 0.3) is 0 Å². The molecular weight excluding hydrogens is 428 g/mol. The zero-order chi connectivity index (χ0) is 21.1. The average molecular weight is 445 g/mol. The molecule has 0 saturated heterocycles. The molecule has 2 aromatic carbocycles. The van der Waals surface area contributed by atoms with E-state index in [0.29, 0.717) is 50.5 Å². The number of nitrogens with two attached hydrogens (primary N) is 1. The zero-order valence-electron chi connectivity index (χ0n) is 16.1. The summed E-state index contributed by atoms with van der Waals surface area (Å²) in [5.74, 6) is 9.06. The number of benzene rings is 2. The quantitative estimate of drug-likeness (QED) is 0.336. The van der Waals surface area contributed by atoms with Crippen molar-refractivity contribution in [2.75, 3.05) is 20.1 Å². The summed E-state index contributed by atoms with van der Waals surface area (Å²) in [4.78, 5) is 4.42. The standard InChI is InChI=1S/C19H17ClN6O3S/c1-27-14-8-7-11(9-15(14)28-2)17-22-16(29-25-17)10-30-19-24-23-18(26(19)21)12-5-3-4-6-13(12)20/h3-9H,10,21H2,1-2H3. The molecule has 0 atom stereocenters. The lowest BCUT2D eigenvalue weighted by molar-refractivity contribution is 0.355. The SMILES string of the molecule is COc1ccc(-c2noc(CSc3nnc(-c4ccccc4Cl)n3N)n2)cc1OC. The Morgan fingerprint density at radius 3 is 2.67 bits per heavy atom. The highest BCUT2D eigenvalue weighted by atomic mass is 35.5. The molecule has 0 aliphatic heterocycles. The Morgan fingerprint density at radius 1 is 1.10 bits per heavy atom. The van der Waals surface area contributed by atoms with Gasteiger partial charge in [-0.25, -0.2) is 4.68 Å². The van der Waals surface area contributed by atoms with Crippen molar-refractivity contribution in [2.45, 2.75) is 10.9 Å². The van der Waals surface area contributed by atoms with Crippen molar-refractivity contribution in [3.05, 3.63) is 53.4 Å². The Labute approximate surface area is 181 Å². The van der Waals surface area contributed by atoms with Crippen LogP contribution in [0, 0.1) is 0 Å². The van der Waals surface area contributed by atoms with Crippen molar-refractivity contribution in [1.29, 1.82) is 0 Å². The molecule has 154 valence electrons. The van der Waals surface area contributed by atoms with Gasteiger partial charge in [0.05, 0.1) is 25.0 Å². The van der Waals surface area contributed by atoms with Gasteiger partial charge in [-0.05, 0) is 30.3 Å². The molecule has 0 aliphatic carbocycles. The van der Waals surface area contributed by atoms with Crippen molar-refractivity contribution >= 4 is 23.4 Å². The number of ether oxygens (including phenoxy) is 2. The summed E-state index contributed by atoms with van der Waals surface area (Å²) in [6.07, 6.45) is 0. The maximum atomic E-state index is 6.22. The van der Waals surface area contributed by atoms with E-state index in [-0.39, 0.29) is 0 Å². The number of nitrogen functional groups attached to an aromatic ring is 1. The van der Waals surface area contributed by atoms with Gasteiger partial charge in [0.15, 0.2) is 17.3 Å². The van der Waals surface area contributed by atoms with E-state index in [1.54, 1.807) is 32.4 Å². The van der Waals surface area contributed by atoms with E-state index >= 15 is 0 Å². The molecule has 9 nitrogen and oxygen atoms in total. The minimum Gasteiger partial charge on any atom is -0.493 e. The topological polar surface area (TPSA) is 114 Å². The fourth-order valence-corrected chi connectivity index (χ4v) is 3.65. The summed E-state index contributed by atoms with van der Waals surface area (Å²) in [6.45, 7) is 0. The summed E-state index contributed by atoms with van der Waals surface area (Å²) >= 11 is 7.55. The van der Waals surface area contributed by atoms with Crippen LogP contribution in [0.15, 0.2) is 52.1 Å². The van der Waals surface area contributed by atoms with Crippen LogP contribution in [-0.2, 0) is 5.75 Å². The van der Waals surface area contributed by atoms with E-state index < -0.39 is 0 Å². The molecule has 2 N–H and O–H groups in total. The van der Waals surface area contributed by atoms with E-state index in [4.69, 9.17) is 31.4 Å². The molecular formula is C19H17ClN6O3S. The molecule has 30 heavy (non-hydrogen) atoms. The van der Waals surface area contributed by atoms with Gasteiger partial charge in [0, 0.05) is 11.1 Å². The highest BCUT2D eigenvalue weighted by Gasteiger charge is 2.17. The molecule has 4 aromatic rings. The Hall–Kier alpha value is -3.24. The van der Waals surface area contributed by atoms with E-state index in [0.717, 1.165) is 5.56 Å². The first kappa shape index (κ1) is 20.0. The second kappa shape index (κ2) is 8.64. The van der Waals surface area contributed by atoms with Gasteiger partial charge in [-0.1, -0.05) is 40.7 Å². The molecule has 0 bridgehead atoms. The molecule has 0 unspecified atom stereocenters. The molecule has 11 heteroatoms. The number of halogens is 1. The molecule has 0 spiro atoms. The average Bonchev–Trinajstić information content (AvgIpc) is 3.39. The summed E-state index contributed by atoms with van der Waals surface area (Å²) < 4.78 is 17.3. The van der Waals surface area contributed by atoms with E-state index in [1.807, 2.05) is 24.3 Å². The number of hydrogen-bond donors (Lipinski definition) is 1. The summed E-state index contributed by atoms with van der Waals surface area (Å²) in [5.41, 5.74) is 1.45. The number of rotatable bonds is 7. The maximum absolute atomic E-state index is 6.22. The third-order valence-corrected chi connectivity index (χ3v) is 5.47. The van der Waals surface area contributed by atoms with Gasteiger partial charge in [0.2, 0.25) is 16.9 Å². The Kier molecular flexibility index (Phi) is 5.77. The Morgan fingerprint density at radius 2 is 1.90 bits per heavy atom. The highest BCUT2D eigenvalue weighted by molar-refractivity contribution is 7.98. The first-order valence-corrected chi connectivity index (χ1v) is 10.1. The van der Waals surface area contributed by atoms with E-state index in [2.05, 4.69) is 20.3 Å². The van der Waals surface area contributed by atoms with Gasteiger partial charge in [-0.2, -0.15) is 4.98 Å². The molecule has 0 radical (unpaired) electrons. The van der Waals surface area contributed by atoms with Crippen LogP contribution in [0.3, 0.4) is 0 Å². The smallest absolute Gasteiger partial charge is 0.237 e. The van der Waals surface area contributed by atoms with Crippen LogP contribution in [0.5, 0.6) is 11.5 Å². The number of aromatic nitrogens is 5. The first-order chi connectivity index (χ1) is 14.6. The Balaban J connectivity index is 1.49. The van der Waals surface area contributed by atoms with Crippen LogP contribution in [0.2, 0.25) is 5.02 Å². The molecule has 2 aromatic heterocycles. The third-order valence-electron chi connectivity index (χ3n) is 4.21. The number of nitrogens with zero attached hydrogens (tertiary/aromatic N) is 5. The fourth-order valence-electron chi connectivity index (χ4n) is 2.73. The van der Waals surface area contributed by atoms with Crippen LogP contribution in [-0.4, -0.2) is 39.2 Å². The van der Waals surface area contributed by atoms with E-state index in [1.165, 1.54) is 16.4 Å². The predicted octanol–water partition coefficient (Wildman–Crippen LogP) is 3.67. The van der Waals surface area contributed by atoms with Gasteiger partial charge in [-0.3, -0.25) is 0 Å². The van der Waals surface area contributed by atoms with Crippen LogP contribution < -0.4 is 15.3 Å².